The summed E-state index contributed by atoms with van der Waals surface area (Å²) in [7, 11) is 0. The van der Waals surface area contributed by atoms with Crippen LogP contribution < -0.4 is 5.32 Å². The summed E-state index contributed by atoms with van der Waals surface area (Å²) in [6.45, 7) is 1.85. The average Bonchev–Trinajstić information content (AvgIpc) is 3.32. The van der Waals surface area contributed by atoms with Crippen LogP contribution in [-0.2, 0) is 0 Å². The Hall–Kier alpha value is -4.07. The van der Waals surface area contributed by atoms with Crippen molar-refractivity contribution in [3.05, 3.63) is 77.9 Å². The number of nitrogens with one attached hydrogen (secondary N) is 2. The number of aryl methyl sites for hydroxylation is 1. The molecular weight excluding hydrogens is 371 g/mol. The van der Waals surface area contributed by atoms with Crippen LogP contribution in [0.3, 0.4) is 0 Å². The number of hydrogen-bond donors (Lipinski definition) is 2. The van der Waals surface area contributed by atoms with Crippen molar-refractivity contribution in [1.82, 2.24) is 24.8 Å². The van der Waals surface area contributed by atoms with Crippen LogP contribution in [0.15, 0.2) is 60.9 Å². The molecule has 0 aliphatic carbocycles. The molecule has 0 fully saturated rings. The smallest absolute Gasteiger partial charge is 0.257 e. The molecule has 0 atom stereocenters. The number of rotatable bonds is 3. The van der Waals surface area contributed by atoms with Crippen LogP contribution in [0.2, 0.25) is 0 Å². The number of aromatic amines is 1. The van der Waals surface area contributed by atoms with Crippen molar-refractivity contribution in [3.8, 4) is 11.3 Å². The van der Waals surface area contributed by atoms with E-state index < -0.39 is 5.82 Å². The minimum Gasteiger partial charge on any atom is -0.304 e. The van der Waals surface area contributed by atoms with E-state index in [2.05, 4.69) is 25.6 Å². The Morgan fingerprint density at radius 1 is 1.17 bits per heavy atom. The summed E-state index contributed by atoms with van der Waals surface area (Å²) in [6.07, 6.45) is 3.36. The first kappa shape index (κ1) is 17.1. The second-order valence-electron chi connectivity index (χ2n) is 6.64. The number of halogens is 1. The molecule has 1 aromatic carbocycles. The molecule has 0 unspecified atom stereocenters. The lowest BCUT2D eigenvalue weighted by Gasteiger charge is -2.06. The van der Waals surface area contributed by atoms with E-state index >= 15 is 0 Å². The summed E-state index contributed by atoms with van der Waals surface area (Å²) in [6, 6.07) is 14.1. The minimum atomic E-state index is -0.524. The monoisotopic (exact) mass is 386 g/mol. The second kappa shape index (κ2) is 6.52. The Kier molecular flexibility index (Phi) is 3.83. The predicted octanol–water partition coefficient (Wildman–Crippen LogP) is 3.97. The zero-order chi connectivity index (χ0) is 20.0. The second-order valence-corrected chi connectivity index (χ2v) is 6.64. The Balaban J connectivity index is 1.55. The fourth-order valence-corrected chi connectivity index (χ4v) is 3.33. The first-order valence-corrected chi connectivity index (χ1v) is 8.96. The van der Waals surface area contributed by atoms with E-state index in [1.807, 2.05) is 37.3 Å². The number of amides is 1. The van der Waals surface area contributed by atoms with Crippen molar-refractivity contribution < 1.29 is 9.18 Å². The van der Waals surface area contributed by atoms with Crippen LogP contribution in [0.25, 0.3) is 27.8 Å². The van der Waals surface area contributed by atoms with Crippen molar-refractivity contribution in [2.75, 3.05) is 5.32 Å². The average molecular weight is 386 g/mol. The molecule has 0 aliphatic heterocycles. The standard InChI is InChI=1S/C21H15FN6O/c1-12-6-2-3-7-13(12)21(29)25-20-14-10-16(22)18(24-19(14)26-27-20)15-11-23-28-9-5-4-8-17(15)28/h2-11H,1H3,(H2,24,25,26,27,29). The van der Waals surface area contributed by atoms with Gasteiger partial charge in [-0.05, 0) is 36.8 Å². The lowest BCUT2D eigenvalue weighted by molar-refractivity contribution is 0.102. The summed E-state index contributed by atoms with van der Waals surface area (Å²) in [4.78, 5) is 17.0. The summed E-state index contributed by atoms with van der Waals surface area (Å²) in [5, 5.41) is 14.2. The largest absolute Gasteiger partial charge is 0.304 e. The molecule has 2 N–H and O–H groups in total. The van der Waals surface area contributed by atoms with Crippen LogP contribution in [-0.4, -0.2) is 30.7 Å². The fraction of sp³-hybridized carbons (Fsp3) is 0.0476. The first-order valence-electron chi connectivity index (χ1n) is 8.96. The molecule has 0 saturated carbocycles. The van der Waals surface area contributed by atoms with Gasteiger partial charge in [-0.2, -0.15) is 10.2 Å². The Bertz CT molecular complexity index is 1390. The molecule has 7 nitrogen and oxygen atoms in total. The summed E-state index contributed by atoms with van der Waals surface area (Å²) >= 11 is 0. The number of aromatic nitrogens is 5. The van der Waals surface area contributed by atoms with Crippen LogP contribution in [0.5, 0.6) is 0 Å². The quantitative estimate of drug-likeness (QED) is 0.491. The maximum Gasteiger partial charge on any atom is 0.257 e. The number of benzene rings is 1. The number of pyridine rings is 2. The molecule has 5 aromatic rings. The van der Waals surface area contributed by atoms with Crippen molar-refractivity contribution >= 4 is 28.3 Å². The molecule has 29 heavy (non-hydrogen) atoms. The van der Waals surface area contributed by atoms with E-state index in [0.29, 0.717) is 22.2 Å². The van der Waals surface area contributed by atoms with Crippen molar-refractivity contribution in [2.45, 2.75) is 6.92 Å². The maximum absolute atomic E-state index is 14.9. The SMILES string of the molecule is Cc1ccccc1C(=O)Nc1n[nH]c2nc(-c3cnn4ccccc34)c(F)cc12. The summed E-state index contributed by atoms with van der Waals surface area (Å²) in [5.41, 5.74) is 3.22. The molecule has 0 radical (unpaired) electrons. The van der Waals surface area contributed by atoms with Crippen LogP contribution >= 0.6 is 0 Å². The number of anilines is 1. The van der Waals surface area contributed by atoms with Gasteiger partial charge in [0.1, 0.15) is 5.69 Å². The number of carbonyl (C=O) groups excluding carboxylic acids is 1. The number of fused-ring (bicyclic) bond motifs is 2. The number of carbonyl (C=O) groups is 1. The third kappa shape index (κ3) is 2.82. The fourth-order valence-electron chi connectivity index (χ4n) is 3.33. The molecule has 8 heteroatoms. The molecule has 4 heterocycles. The van der Waals surface area contributed by atoms with E-state index in [9.17, 15) is 9.18 Å². The van der Waals surface area contributed by atoms with Gasteiger partial charge in [-0.15, -0.1) is 0 Å². The van der Waals surface area contributed by atoms with Gasteiger partial charge in [0.25, 0.3) is 5.91 Å². The van der Waals surface area contributed by atoms with Gasteiger partial charge in [-0.3, -0.25) is 9.89 Å². The highest BCUT2D eigenvalue weighted by Crippen LogP contribution is 2.29. The Morgan fingerprint density at radius 2 is 2.00 bits per heavy atom. The van der Waals surface area contributed by atoms with E-state index in [1.165, 1.54) is 6.07 Å². The Morgan fingerprint density at radius 3 is 2.86 bits per heavy atom. The van der Waals surface area contributed by atoms with Gasteiger partial charge >= 0.3 is 0 Å². The van der Waals surface area contributed by atoms with E-state index in [0.717, 1.165) is 11.1 Å². The zero-order valence-electron chi connectivity index (χ0n) is 15.3. The lowest BCUT2D eigenvalue weighted by atomic mass is 10.1. The molecule has 0 bridgehead atoms. The lowest BCUT2D eigenvalue weighted by Crippen LogP contribution is -2.13. The topological polar surface area (TPSA) is 88.0 Å². The highest BCUT2D eigenvalue weighted by molar-refractivity contribution is 6.08. The number of H-pyrrole nitrogens is 1. The van der Waals surface area contributed by atoms with Crippen LogP contribution in [0.1, 0.15) is 15.9 Å². The molecule has 1 amide bonds. The molecular formula is C21H15FN6O. The first-order chi connectivity index (χ1) is 14.1. The third-order valence-corrected chi connectivity index (χ3v) is 4.81. The highest BCUT2D eigenvalue weighted by atomic mass is 19.1. The molecule has 0 spiro atoms. The molecule has 0 saturated heterocycles. The molecule has 5 rings (SSSR count). The molecule has 142 valence electrons. The van der Waals surface area contributed by atoms with Crippen LogP contribution in [0, 0.1) is 12.7 Å². The molecule has 0 aliphatic rings. The van der Waals surface area contributed by atoms with E-state index in [-0.39, 0.29) is 17.4 Å². The van der Waals surface area contributed by atoms with Gasteiger partial charge in [0.15, 0.2) is 17.3 Å². The van der Waals surface area contributed by atoms with Crippen LogP contribution in [0.4, 0.5) is 10.2 Å². The molecule has 4 aromatic heterocycles. The van der Waals surface area contributed by atoms with Crippen molar-refractivity contribution in [1.29, 1.82) is 0 Å². The van der Waals surface area contributed by atoms with Gasteiger partial charge < -0.3 is 5.32 Å². The van der Waals surface area contributed by atoms with Gasteiger partial charge in [0.2, 0.25) is 0 Å². The highest BCUT2D eigenvalue weighted by Gasteiger charge is 2.18. The van der Waals surface area contributed by atoms with E-state index in [4.69, 9.17) is 0 Å². The minimum absolute atomic E-state index is 0.166. The normalized spacial score (nSPS) is 11.2. The van der Waals surface area contributed by atoms with Gasteiger partial charge in [0.05, 0.1) is 17.1 Å². The predicted molar refractivity (Wildman–Crippen MR) is 107 cm³/mol. The third-order valence-electron chi connectivity index (χ3n) is 4.81. The number of nitrogens with zero attached hydrogens (tertiary/aromatic N) is 4. The zero-order valence-corrected chi connectivity index (χ0v) is 15.3. The van der Waals surface area contributed by atoms with Crippen molar-refractivity contribution in [2.24, 2.45) is 0 Å². The Labute approximate surface area is 164 Å². The number of hydrogen-bond acceptors (Lipinski definition) is 4. The van der Waals surface area contributed by atoms with Gasteiger partial charge in [0, 0.05) is 17.3 Å². The van der Waals surface area contributed by atoms with Crippen molar-refractivity contribution in [3.63, 3.8) is 0 Å². The maximum atomic E-state index is 14.9. The van der Waals surface area contributed by atoms with Gasteiger partial charge in [-0.25, -0.2) is 13.9 Å². The summed E-state index contributed by atoms with van der Waals surface area (Å²) < 4.78 is 16.6. The van der Waals surface area contributed by atoms with E-state index in [1.54, 1.807) is 29.0 Å². The van der Waals surface area contributed by atoms with Gasteiger partial charge in [-0.1, -0.05) is 24.3 Å². The summed E-state index contributed by atoms with van der Waals surface area (Å²) in [5.74, 6) is -0.612.